The van der Waals surface area contributed by atoms with Crippen LogP contribution in [-0.4, -0.2) is 27.0 Å². The van der Waals surface area contributed by atoms with Gasteiger partial charge in [0.2, 0.25) is 0 Å². The first-order chi connectivity index (χ1) is 10.2. The lowest BCUT2D eigenvalue weighted by Gasteiger charge is -2.05. The zero-order chi connectivity index (χ0) is 14.7. The number of H-pyrrole nitrogens is 1. The number of hydrogen-bond donors (Lipinski definition) is 2. The number of carbonyl (C=O) groups excluding carboxylic acids is 1. The molecule has 2 heterocycles. The van der Waals surface area contributed by atoms with Crippen LogP contribution < -0.4 is 5.32 Å². The molecule has 21 heavy (non-hydrogen) atoms. The average molecular weight is 303 g/mol. The van der Waals surface area contributed by atoms with Crippen molar-refractivity contribution >= 4 is 28.5 Å². The van der Waals surface area contributed by atoms with Gasteiger partial charge in [-0.1, -0.05) is 23.7 Å². The Labute approximate surface area is 126 Å². The summed E-state index contributed by atoms with van der Waals surface area (Å²) in [6.07, 6.45) is 4.26. The number of aryl methyl sites for hydroxylation is 1. The van der Waals surface area contributed by atoms with Gasteiger partial charge < -0.3 is 14.9 Å². The second-order valence-corrected chi connectivity index (χ2v) is 5.20. The first-order valence-corrected chi connectivity index (χ1v) is 7.14. The minimum Gasteiger partial charge on any atom is -0.356 e. The molecule has 0 saturated carbocycles. The van der Waals surface area contributed by atoms with Gasteiger partial charge in [0, 0.05) is 19.3 Å². The number of amides is 1. The molecule has 5 nitrogen and oxygen atoms in total. The number of carbonyl (C=O) groups is 1. The molecule has 0 radical (unpaired) electrons. The highest BCUT2D eigenvalue weighted by atomic mass is 35.5. The Morgan fingerprint density at radius 2 is 2.24 bits per heavy atom. The molecule has 2 N–H and O–H groups in total. The van der Waals surface area contributed by atoms with Crippen molar-refractivity contribution in [2.45, 2.75) is 13.0 Å². The fourth-order valence-electron chi connectivity index (χ4n) is 2.23. The van der Waals surface area contributed by atoms with Gasteiger partial charge in [0.25, 0.3) is 5.91 Å². The molecule has 0 unspecified atom stereocenters. The summed E-state index contributed by atoms with van der Waals surface area (Å²) in [4.78, 5) is 19.0. The van der Waals surface area contributed by atoms with Crippen LogP contribution in [0.15, 0.2) is 42.9 Å². The maximum Gasteiger partial charge on any atom is 0.267 e. The topological polar surface area (TPSA) is 62.7 Å². The number of imidazole rings is 1. The van der Waals surface area contributed by atoms with Crippen LogP contribution in [-0.2, 0) is 6.54 Å². The Morgan fingerprint density at radius 1 is 1.38 bits per heavy atom. The number of halogens is 1. The molecule has 2 aromatic heterocycles. The van der Waals surface area contributed by atoms with Crippen molar-refractivity contribution in [1.29, 1.82) is 0 Å². The maximum atomic E-state index is 11.8. The van der Waals surface area contributed by atoms with Gasteiger partial charge in [-0.2, -0.15) is 0 Å². The van der Waals surface area contributed by atoms with E-state index in [1.807, 2.05) is 30.6 Å². The molecule has 0 aliphatic carbocycles. The van der Waals surface area contributed by atoms with E-state index in [1.165, 1.54) is 0 Å². The van der Waals surface area contributed by atoms with Crippen molar-refractivity contribution in [2.75, 3.05) is 6.54 Å². The number of rotatable bonds is 5. The van der Waals surface area contributed by atoms with E-state index in [2.05, 4.69) is 19.9 Å². The fourth-order valence-corrected chi connectivity index (χ4v) is 2.40. The van der Waals surface area contributed by atoms with Crippen LogP contribution in [0.5, 0.6) is 0 Å². The summed E-state index contributed by atoms with van der Waals surface area (Å²) in [5, 5.41) is 3.39. The summed E-state index contributed by atoms with van der Waals surface area (Å²) in [6.45, 7) is 1.41. The number of nitrogens with zero attached hydrogens (tertiary/aromatic N) is 2. The third-order valence-electron chi connectivity index (χ3n) is 3.28. The lowest BCUT2D eigenvalue weighted by molar-refractivity contribution is 0.0948. The molecule has 0 aliphatic heterocycles. The van der Waals surface area contributed by atoms with E-state index in [0.717, 1.165) is 24.0 Å². The lowest BCUT2D eigenvalue weighted by atomic mass is 10.3. The Bertz CT molecular complexity index is 762. The zero-order valence-electron chi connectivity index (χ0n) is 11.3. The van der Waals surface area contributed by atoms with Crippen LogP contribution in [0.4, 0.5) is 0 Å². The second kappa shape index (κ2) is 6.01. The Hall–Kier alpha value is -2.27. The second-order valence-electron chi connectivity index (χ2n) is 4.77. The maximum absolute atomic E-state index is 11.8. The van der Waals surface area contributed by atoms with Crippen LogP contribution in [0.1, 0.15) is 16.9 Å². The van der Waals surface area contributed by atoms with Crippen molar-refractivity contribution < 1.29 is 4.79 Å². The van der Waals surface area contributed by atoms with Gasteiger partial charge in [0.1, 0.15) is 5.69 Å². The summed E-state index contributed by atoms with van der Waals surface area (Å²) in [6, 6.07) is 9.61. The van der Waals surface area contributed by atoms with Crippen LogP contribution in [0, 0.1) is 0 Å². The molecule has 1 aromatic carbocycles. The largest absolute Gasteiger partial charge is 0.356 e. The smallest absolute Gasteiger partial charge is 0.267 e. The highest BCUT2D eigenvalue weighted by molar-refractivity contribution is 6.30. The molecule has 0 atom stereocenters. The van der Waals surface area contributed by atoms with Crippen LogP contribution >= 0.6 is 11.6 Å². The summed E-state index contributed by atoms with van der Waals surface area (Å²) in [5.41, 5.74) is 2.58. The van der Waals surface area contributed by atoms with Gasteiger partial charge in [-0.15, -0.1) is 0 Å². The van der Waals surface area contributed by atoms with Crippen molar-refractivity contribution in [3.05, 3.63) is 53.6 Å². The van der Waals surface area contributed by atoms with Gasteiger partial charge >= 0.3 is 0 Å². The van der Waals surface area contributed by atoms with E-state index < -0.39 is 0 Å². The predicted molar refractivity (Wildman–Crippen MR) is 82.5 cm³/mol. The highest BCUT2D eigenvalue weighted by Gasteiger charge is 2.07. The Balaban J connectivity index is 1.51. The van der Waals surface area contributed by atoms with E-state index in [9.17, 15) is 4.79 Å². The SMILES string of the molecule is O=C(NCCCn1cnc2ccccc21)c1cc(Cl)c[nH]1. The van der Waals surface area contributed by atoms with E-state index in [0.29, 0.717) is 17.3 Å². The number of nitrogens with one attached hydrogen (secondary N) is 2. The number of aromatic nitrogens is 3. The third-order valence-corrected chi connectivity index (χ3v) is 3.50. The third kappa shape index (κ3) is 3.08. The summed E-state index contributed by atoms with van der Waals surface area (Å²) >= 11 is 5.77. The van der Waals surface area contributed by atoms with Crippen LogP contribution in [0.3, 0.4) is 0 Å². The van der Waals surface area contributed by atoms with Crippen molar-refractivity contribution in [3.8, 4) is 0 Å². The molecule has 0 fully saturated rings. The number of benzene rings is 1. The van der Waals surface area contributed by atoms with Crippen molar-refractivity contribution in [3.63, 3.8) is 0 Å². The first kappa shape index (κ1) is 13.7. The summed E-state index contributed by atoms with van der Waals surface area (Å²) in [5.74, 6) is -0.141. The number of fused-ring (bicyclic) bond motifs is 1. The van der Waals surface area contributed by atoms with Crippen LogP contribution in [0.25, 0.3) is 11.0 Å². The molecule has 3 rings (SSSR count). The van der Waals surface area contributed by atoms with Gasteiger partial charge in [-0.25, -0.2) is 4.98 Å². The standard InChI is InChI=1S/C15H15ClN4O/c16-11-8-13(18-9-11)15(21)17-6-3-7-20-10-19-12-4-1-2-5-14(12)20/h1-2,4-5,8-10,18H,3,6-7H2,(H,17,21). The predicted octanol–water partition coefficient (Wildman–Crippen LogP) is 2.84. The van der Waals surface area contributed by atoms with Gasteiger partial charge in [-0.3, -0.25) is 4.79 Å². The van der Waals surface area contributed by atoms with E-state index >= 15 is 0 Å². The molecule has 6 heteroatoms. The average Bonchev–Trinajstić information content (AvgIpc) is 3.10. The number of hydrogen-bond acceptors (Lipinski definition) is 2. The van der Waals surface area contributed by atoms with Gasteiger partial charge in [-0.05, 0) is 24.6 Å². The number of para-hydroxylation sites is 2. The quantitative estimate of drug-likeness (QED) is 0.712. The molecule has 3 aromatic rings. The van der Waals surface area contributed by atoms with Gasteiger partial charge in [0.15, 0.2) is 0 Å². The molecule has 0 spiro atoms. The molecule has 0 saturated heterocycles. The molecule has 108 valence electrons. The van der Waals surface area contributed by atoms with E-state index in [4.69, 9.17) is 11.6 Å². The lowest BCUT2D eigenvalue weighted by Crippen LogP contribution is -2.25. The first-order valence-electron chi connectivity index (χ1n) is 6.76. The highest BCUT2D eigenvalue weighted by Crippen LogP contribution is 2.12. The minimum absolute atomic E-state index is 0.141. The molecule has 0 aliphatic rings. The summed E-state index contributed by atoms with van der Waals surface area (Å²) < 4.78 is 2.09. The normalized spacial score (nSPS) is 10.9. The van der Waals surface area contributed by atoms with Gasteiger partial charge in [0.05, 0.1) is 22.4 Å². The molecule has 0 bridgehead atoms. The summed E-state index contributed by atoms with van der Waals surface area (Å²) in [7, 11) is 0. The van der Waals surface area contributed by atoms with E-state index in [1.54, 1.807) is 12.3 Å². The molecular weight excluding hydrogens is 288 g/mol. The fraction of sp³-hybridized carbons (Fsp3) is 0.200. The van der Waals surface area contributed by atoms with Crippen molar-refractivity contribution in [1.82, 2.24) is 19.9 Å². The Kier molecular flexibility index (Phi) is 3.92. The van der Waals surface area contributed by atoms with E-state index in [-0.39, 0.29) is 5.91 Å². The zero-order valence-corrected chi connectivity index (χ0v) is 12.1. The monoisotopic (exact) mass is 302 g/mol. The Morgan fingerprint density at radius 3 is 3.05 bits per heavy atom. The minimum atomic E-state index is -0.141. The number of aromatic amines is 1. The molecule has 1 amide bonds. The van der Waals surface area contributed by atoms with Crippen LogP contribution in [0.2, 0.25) is 5.02 Å². The van der Waals surface area contributed by atoms with Crippen molar-refractivity contribution in [2.24, 2.45) is 0 Å². The molecular formula is C15H15ClN4O.